The van der Waals surface area contributed by atoms with E-state index < -0.39 is 0 Å². The first-order valence-corrected chi connectivity index (χ1v) is 8.00. The average Bonchev–Trinajstić information content (AvgIpc) is 2.65. The van der Waals surface area contributed by atoms with Gasteiger partial charge in [0, 0.05) is 18.9 Å². The van der Waals surface area contributed by atoms with Crippen molar-refractivity contribution in [3.63, 3.8) is 0 Å². The van der Waals surface area contributed by atoms with E-state index in [1.807, 2.05) is 43.3 Å². The molecule has 0 spiro atoms. The maximum Gasteiger partial charge on any atom is 0.159 e. The molecule has 0 saturated heterocycles. The molecule has 0 bridgehead atoms. The van der Waals surface area contributed by atoms with Crippen molar-refractivity contribution in [1.29, 1.82) is 0 Å². The van der Waals surface area contributed by atoms with Gasteiger partial charge in [0.25, 0.3) is 0 Å². The van der Waals surface area contributed by atoms with E-state index in [4.69, 9.17) is 10.5 Å². The van der Waals surface area contributed by atoms with E-state index in [2.05, 4.69) is 25.6 Å². The zero-order valence-electron chi connectivity index (χ0n) is 13.9. The van der Waals surface area contributed by atoms with E-state index in [-0.39, 0.29) is 0 Å². The standard InChI is InChI=1S/C18H20N6O/c1-2-25-15-8-4-3-7-14(15)24-18-16(19)17(22-12-23-18)21-11-13-6-5-9-20-10-13/h3-10,12H,2,11,19H2,1H3,(H2,21,22,23,24). The van der Waals surface area contributed by atoms with Crippen molar-refractivity contribution in [1.82, 2.24) is 15.0 Å². The molecule has 7 heteroatoms. The van der Waals surface area contributed by atoms with Crippen LogP contribution in [0, 0.1) is 0 Å². The van der Waals surface area contributed by atoms with E-state index in [9.17, 15) is 0 Å². The van der Waals surface area contributed by atoms with Gasteiger partial charge in [-0.05, 0) is 30.7 Å². The molecule has 25 heavy (non-hydrogen) atoms. The van der Waals surface area contributed by atoms with Gasteiger partial charge in [0.15, 0.2) is 11.6 Å². The summed E-state index contributed by atoms with van der Waals surface area (Å²) in [5.74, 6) is 1.83. The number of ether oxygens (including phenoxy) is 1. The summed E-state index contributed by atoms with van der Waals surface area (Å²) in [7, 11) is 0. The van der Waals surface area contributed by atoms with Gasteiger partial charge in [-0.25, -0.2) is 9.97 Å². The predicted octanol–water partition coefficient (Wildman–Crippen LogP) is 3.21. The van der Waals surface area contributed by atoms with Crippen LogP contribution in [0.15, 0.2) is 55.1 Å². The summed E-state index contributed by atoms with van der Waals surface area (Å²) in [4.78, 5) is 12.5. The Kier molecular flexibility index (Phi) is 5.26. The Morgan fingerprint density at radius 2 is 1.92 bits per heavy atom. The number of rotatable bonds is 7. The van der Waals surface area contributed by atoms with Gasteiger partial charge in [0.2, 0.25) is 0 Å². The minimum absolute atomic E-state index is 0.442. The zero-order chi connectivity index (χ0) is 17.5. The molecule has 7 nitrogen and oxygen atoms in total. The van der Waals surface area contributed by atoms with Gasteiger partial charge in [-0.3, -0.25) is 4.98 Å². The molecule has 2 heterocycles. The van der Waals surface area contributed by atoms with Gasteiger partial charge in [-0.15, -0.1) is 0 Å². The molecule has 128 valence electrons. The van der Waals surface area contributed by atoms with Gasteiger partial charge in [0.05, 0.1) is 12.3 Å². The number of pyridine rings is 1. The second-order valence-electron chi connectivity index (χ2n) is 5.25. The fourth-order valence-corrected chi connectivity index (χ4v) is 2.30. The van der Waals surface area contributed by atoms with Gasteiger partial charge < -0.3 is 21.1 Å². The number of nitrogens with one attached hydrogen (secondary N) is 2. The second-order valence-corrected chi connectivity index (χ2v) is 5.25. The van der Waals surface area contributed by atoms with Crippen LogP contribution in [0.5, 0.6) is 5.75 Å². The minimum atomic E-state index is 0.442. The predicted molar refractivity (Wildman–Crippen MR) is 98.9 cm³/mol. The molecule has 0 fully saturated rings. The molecule has 0 aliphatic heterocycles. The number of nitrogen functional groups attached to an aromatic ring is 1. The number of anilines is 4. The van der Waals surface area contributed by atoms with Crippen LogP contribution >= 0.6 is 0 Å². The van der Waals surface area contributed by atoms with E-state index >= 15 is 0 Å². The Morgan fingerprint density at radius 1 is 1.08 bits per heavy atom. The van der Waals surface area contributed by atoms with Crippen LogP contribution in [0.1, 0.15) is 12.5 Å². The molecule has 3 aromatic rings. The fraction of sp³-hybridized carbons (Fsp3) is 0.167. The molecule has 0 amide bonds. The van der Waals surface area contributed by atoms with Crippen LogP contribution in [0.3, 0.4) is 0 Å². The summed E-state index contributed by atoms with van der Waals surface area (Å²) in [6.45, 7) is 3.09. The number of nitrogens with zero attached hydrogens (tertiary/aromatic N) is 3. The molecule has 0 unspecified atom stereocenters. The molecule has 3 rings (SSSR count). The van der Waals surface area contributed by atoms with Gasteiger partial charge >= 0.3 is 0 Å². The van der Waals surface area contributed by atoms with Crippen LogP contribution in [-0.2, 0) is 6.54 Å². The number of hydrogen-bond acceptors (Lipinski definition) is 7. The van der Waals surface area contributed by atoms with Crippen LogP contribution in [0.2, 0.25) is 0 Å². The molecule has 1 aromatic carbocycles. The van der Waals surface area contributed by atoms with Gasteiger partial charge in [-0.2, -0.15) is 0 Å². The third-order valence-electron chi connectivity index (χ3n) is 3.51. The molecular weight excluding hydrogens is 316 g/mol. The Morgan fingerprint density at radius 3 is 2.72 bits per heavy atom. The minimum Gasteiger partial charge on any atom is -0.492 e. The van der Waals surface area contributed by atoms with Crippen molar-refractivity contribution in [2.45, 2.75) is 13.5 Å². The number of nitrogens with two attached hydrogens (primary N) is 1. The highest BCUT2D eigenvalue weighted by Gasteiger charge is 2.10. The Balaban J connectivity index is 1.77. The zero-order valence-corrected chi connectivity index (χ0v) is 13.9. The van der Waals surface area contributed by atoms with E-state index in [0.29, 0.717) is 30.5 Å². The smallest absolute Gasteiger partial charge is 0.159 e. The molecule has 0 saturated carbocycles. The SMILES string of the molecule is CCOc1ccccc1Nc1ncnc(NCc2cccnc2)c1N. The van der Waals surface area contributed by atoms with Crippen molar-refractivity contribution in [2.75, 3.05) is 23.0 Å². The summed E-state index contributed by atoms with van der Waals surface area (Å²) in [6.07, 6.45) is 5.00. The highest BCUT2D eigenvalue weighted by molar-refractivity contribution is 5.79. The summed E-state index contributed by atoms with van der Waals surface area (Å²) in [5.41, 5.74) is 8.49. The summed E-state index contributed by atoms with van der Waals surface area (Å²) in [5, 5.41) is 6.42. The van der Waals surface area contributed by atoms with E-state index in [1.54, 1.807) is 12.4 Å². The number of aromatic nitrogens is 3. The van der Waals surface area contributed by atoms with Crippen molar-refractivity contribution in [2.24, 2.45) is 0 Å². The average molecular weight is 336 g/mol. The third-order valence-corrected chi connectivity index (χ3v) is 3.51. The largest absolute Gasteiger partial charge is 0.492 e. The van der Waals surface area contributed by atoms with Crippen molar-refractivity contribution in [3.05, 3.63) is 60.7 Å². The topological polar surface area (TPSA) is 98.0 Å². The van der Waals surface area contributed by atoms with Crippen LogP contribution < -0.4 is 21.1 Å². The first kappa shape index (κ1) is 16.5. The highest BCUT2D eigenvalue weighted by atomic mass is 16.5. The maximum absolute atomic E-state index is 6.21. The lowest BCUT2D eigenvalue weighted by Crippen LogP contribution is -2.08. The molecule has 4 N–H and O–H groups in total. The fourth-order valence-electron chi connectivity index (χ4n) is 2.30. The molecule has 0 radical (unpaired) electrons. The monoisotopic (exact) mass is 336 g/mol. The molecule has 2 aromatic heterocycles. The Bertz CT molecular complexity index is 825. The summed E-state index contributed by atoms with van der Waals surface area (Å²) < 4.78 is 5.62. The number of benzene rings is 1. The van der Waals surface area contributed by atoms with Crippen molar-refractivity contribution < 1.29 is 4.74 Å². The number of hydrogen-bond donors (Lipinski definition) is 3. The quantitative estimate of drug-likeness (QED) is 0.609. The normalized spacial score (nSPS) is 10.3. The van der Waals surface area contributed by atoms with Gasteiger partial charge in [-0.1, -0.05) is 18.2 Å². The Labute approximate surface area is 146 Å². The summed E-state index contributed by atoms with van der Waals surface area (Å²) in [6, 6.07) is 11.5. The molecule has 0 aliphatic carbocycles. The van der Waals surface area contributed by atoms with E-state index in [1.165, 1.54) is 6.33 Å². The lowest BCUT2D eigenvalue weighted by molar-refractivity contribution is 0.342. The van der Waals surface area contributed by atoms with Crippen molar-refractivity contribution in [3.8, 4) is 5.75 Å². The number of para-hydroxylation sites is 2. The second kappa shape index (κ2) is 7.96. The van der Waals surface area contributed by atoms with E-state index in [0.717, 1.165) is 17.0 Å². The highest BCUT2D eigenvalue weighted by Crippen LogP contribution is 2.31. The van der Waals surface area contributed by atoms with Crippen LogP contribution in [0.25, 0.3) is 0 Å². The van der Waals surface area contributed by atoms with Crippen molar-refractivity contribution >= 4 is 23.0 Å². The summed E-state index contributed by atoms with van der Waals surface area (Å²) >= 11 is 0. The molecular formula is C18H20N6O. The lowest BCUT2D eigenvalue weighted by atomic mass is 10.2. The first-order chi connectivity index (χ1) is 12.3. The van der Waals surface area contributed by atoms with Crippen LogP contribution in [0.4, 0.5) is 23.0 Å². The Hall–Kier alpha value is -3.35. The lowest BCUT2D eigenvalue weighted by Gasteiger charge is -2.14. The van der Waals surface area contributed by atoms with Crippen LogP contribution in [-0.4, -0.2) is 21.6 Å². The van der Waals surface area contributed by atoms with Gasteiger partial charge in [0.1, 0.15) is 17.8 Å². The maximum atomic E-state index is 6.21. The first-order valence-electron chi connectivity index (χ1n) is 8.00. The molecule has 0 aliphatic rings. The third kappa shape index (κ3) is 4.14. The molecule has 0 atom stereocenters.